The molecule has 2 N–H and O–H groups in total. The van der Waals surface area contributed by atoms with E-state index < -0.39 is 0 Å². The summed E-state index contributed by atoms with van der Waals surface area (Å²) >= 11 is 0. The molecule has 4 nitrogen and oxygen atoms in total. The molecule has 0 amide bonds. The molecule has 0 unspecified atom stereocenters. The highest BCUT2D eigenvalue weighted by molar-refractivity contribution is 5.84. The van der Waals surface area contributed by atoms with Crippen molar-refractivity contribution >= 4 is 16.9 Å². The zero-order valence-electron chi connectivity index (χ0n) is 10.3. The molecule has 0 bridgehead atoms. The van der Waals surface area contributed by atoms with Crippen molar-refractivity contribution in [3.63, 3.8) is 0 Å². The quantitative estimate of drug-likeness (QED) is 0.881. The van der Waals surface area contributed by atoms with Crippen LogP contribution in [-0.2, 0) is 6.42 Å². The van der Waals surface area contributed by atoms with E-state index >= 15 is 0 Å². The van der Waals surface area contributed by atoms with Crippen LogP contribution in [0.25, 0.3) is 11.2 Å². The molecule has 0 aliphatic heterocycles. The molecule has 1 fully saturated rings. The lowest BCUT2D eigenvalue weighted by Crippen LogP contribution is -2.05. The van der Waals surface area contributed by atoms with Gasteiger partial charge in [0, 0.05) is 18.7 Å². The first kappa shape index (κ1) is 10.6. The largest absolute Gasteiger partial charge is 0.397 e. The second kappa shape index (κ2) is 3.72. The van der Waals surface area contributed by atoms with Crippen LogP contribution in [0.3, 0.4) is 0 Å². The SMILES string of the molecule is CC(C)Cc1nc2c(N)ccnc2n1C1CC1. The molecule has 3 rings (SSSR count). The Morgan fingerprint density at radius 2 is 2.24 bits per heavy atom. The fraction of sp³-hybridized carbons (Fsp3) is 0.538. The Bertz CT molecular complexity index is 552. The van der Waals surface area contributed by atoms with Gasteiger partial charge in [0.15, 0.2) is 5.65 Å². The molecule has 2 aromatic heterocycles. The first-order valence-electron chi connectivity index (χ1n) is 6.28. The van der Waals surface area contributed by atoms with E-state index in [4.69, 9.17) is 5.73 Å². The fourth-order valence-electron chi connectivity index (χ4n) is 2.28. The Labute approximate surface area is 101 Å². The van der Waals surface area contributed by atoms with E-state index in [0.29, 0.717) is 12.0 Å². The van der Waals surface area contributed by atoms with Crippen molar-refractivity contribution in [2.45, 2.75) is 39.2 Å². The predicted molar refractivity (Wildman–Crippen MR) is 68.8 cm³/mol. The van der Waals surface area contributed by atoms with E-state index in [9.17, 15) is 0 Å². The predicted octanol–water partition coefficient (Wildman–Crippen LogP) is 2.55. The van der Waals surface area contributed by atoms with Crippen molar-refractivity contribution < 1.29 is 0 Å². The minimum atomic E-state index is 0.600. The van der Waals surface area contributed by atoms with Gasteiger partial charge in [0.1, 0.15) is 11.3 Å². The maximum absolute atomic E-state index is 5.97. The fourth-order valence-corrected chi connectivity index (χ4v) is 2.28. The van der Waals surface area contributed by atoms with Crippen LogP contribution in [0.2, 0.25) is 0 Å². The number of hydrogen-bond donors (Lipinski definition) is 1. The average Bonchev–Trinajstić information content (AvgIpc) is 3.01. The Kier molecular flexibility index (Phi) is 2.31. The summed E-state index contributed by atoms with van der Waals surface area (Å²) in [5.74, 6) is 1.74. The van der Waals surface area contributed by atoms with Crippen molar-refractivity contribution in [3.05, 3.63) is 18.1 Å². The van der Waals surface area contributed by atoms with Gasteiger partial charge in [-0.2, -0.15) is 0 Å². The number of hydrogen-bond acceptors (Lipinski definition) is 3. The van der Waals surface area contributed by atoms with Gasteiger partial charge in [-0.25, -0.2) is 9.97 Å². The molecule has 1 aliphatic carbocycles. The molecular formula is C13H18N4. The van der Waals surface area contributed by atoms with Crippen molar-refractivity contribution in [3.8, 4) is 0 Å². The van der Waals surface area contributed by atoms with Gasteiger partial charge in [-0.15, -0.1) is 0 Å². The van der Waals surface area contributed by atoms with Crippen LogP contribution in [-0.4, -0.2) is 14.5 Å². The first-order chi connectivity index (χ1) is 8.16. The summed E-state index contributed by atoms with van der Waals surface area (Å²) in [6.07, 6.45) is 5.25. The highest BCUT2D eigenvalue weighted by Gasteiger charge is 2.29. The van der Waals surface area contributed by atoms with E-state index in [0.717, 1.165) is 29.1 Å². The summed E-state index contributed by atoms with van der Waals surface area (Å²) in [6, 6.07) is 2.43. The van der Waals surface area contributed by atoms with E-state index in [-0.39, 0.29) is 0 Å². The maximum Gasteiger partial charge on any atom is 0.162 e. The molecule has 0 spiro atoms. The zero-order valence-corrected chi connectivity index (χ0v) is 10.3. The van der Waals surface area contributed by atoms with Crippen molar-refractivity contribution in [1.82, 2.24) is 14.5 Å². The number of nitrogen functional groups attached to an aromatic ring is 1. The van der Waals surface area contributed by atoms with Crippen molar-refractivity contribution in [2.75, 3.05) is 5.73 Å². The van der Waals surface area contributed by atoms with Gasteiger partial charge in [-0.3, -0.25) is 0 Å². The molecule has 0 radical (unpaired) electrons. The third-order valence-corrected chi connectivity index (χ3v) is 3.19. The van der Waals surface area contributed by atoms with Gasteiger partial charge in [0.25, 0.3) is 0 Å². The second-order valence-electron chi connectivity index (χ2n) is 5.30. The second-order valence-corrected chi connectivity index (χ2v) is 5.30. The van der Waals surface area contributed by atoms with Crippen LogP contribution in [0.4, 0.5) is 5.69 Å². The molecule has 1 aliphatic rings. The van der Waals surface area contributed by atoms with Crippen LogP contribution < -0.4 is 5.73 Å². The Hall–Kier alpha value is -1.58. The molecular weight excluding hydrogens is 212 g/mol. The lowest BCUT2D eigenvalue weighted by atomic mass is 10.1. The molecule has 90 valence electrons. The Morgan fingerprint density at radius 3 is 2.88 bits per heavy atom. The van der Waals surface area contributed by atoms with Gasteiger partial charge >= 0.3 is 0 Å². The van der Waals surface area contributed by atoms with Crippen LogP contribution >= 0.6 is 0 Å². The van der Waals surface area contributed by atoms with Crippen LogP contribution in [0.5, 0.6) is 0 Å². The molecule has 0 aromatic carbocycles. The van der Waals surface area contributed by atoms with Gasteiger partial charge in [-0.05, 0) is 24.8 Å². The first-order valence-corrected chi connectivity index (χ1v) is 6.28. The summed E-state index contributed by atoms with van der Waals surface area (Å²) in [4.78, 5) is 9.14. The molecule has 0 atom stereocenters. The molecule has 2 heterocycles. The van der Waals surface area contributed by atoms with E-state index in [2.05, 4.69) is 28.4 Å². The highest BCUT2D eigenvalue weighted by atomic mass is 15.2. The average molecular weight is 230 g/mol. The number of aromatic nitrogens is 3. The van der Waals surface area contributed by atoms with Crippen LogP contribution in [0.15, 0.2) is 12.3 Å². The Balaban J connectivity index is 2.19. The monoisotopic (exact) mass is 230 g/mol. The van der Waals surface area contributed by atoms with Crippen LogP contribution in [0.1, 0.15) is 38.6 Å². The number of nitrogens with two attached hydrogens (primary N) is 1. The number of fused-ring (bicyclic) bond motifs is 1. The number of nitrogens with zero attached hydrogens (tertiary/aromatic N) is 3. The van der Waals surface area contributed by atoms with Crippen molar-refractivity contribution in [1.29, 1.82) is 0 Å². The number of anilines is 1. The summed E-state index contributed by atoms with van der Waals surface area (Å²) in [6.45, 7) is 4.43. The van der Waals surface area contributed by atoms with Gasteiger partial charge in [0.05, 0.1) is 5.69 Å². The summed E-state index contributed by atoms with van der Waals surface area (Å²) in [7, 11) is 0. The number of rotatable bonds is 3. The van der Waals surface area contributed by atoms with E-state index in [1.807, 2.05) is 6.07 Å². The number of imidazole rings is 1. The standard InChI is InChI=1S/C13H18N4/c1-8(2)7-11-16-12-10(14)5-6-15-13(12)17(11)9-3-4-9/h5-6,8-9H,3-4,7H2,1-2H3,(H2,14,15). The molecule has 2 aromatic rings. The maximum atomic E-state index is 5.97. The van der Waals surface area contributed by atoms with E-state index in [1.165, 1.54) is 12.8 Å². The molecule has 17 heavy (non-hydrogen) atoms. The number of pyridine rings is 1. The summed E-state index contributed by atoms with van der Waals surface area (Å²) in [5.41, 5.74) is 8.54. The van der Waals surface area contributed by atoms with E-state index in [1.54, 1.807) is 6.20 Å². The minimum absolute atomic E-state index is 0.600. The lowest BCUT2D eigenvalue weighted by molar-refractivity contribution is 0.583. The topological polar surface area (TPSA) is 56.7 Å². The molecule has 1 saturated carbocycles. The van der Waals surface area contributed by atoms with Gasteiger partial charge in [-0.1, -0.05) is 13.8 Å². The van der Waals surface area contributed by atoms with Gasteiger partial charge < -0.3 is 10.3 Å². The molecule has 0 saturated heterocycles. The smallest absolute Gasteiger partial charge is 0.162 e. The van der Waals surface area contributed by atoms with Crippen LogP contribution in [0, 0.1) is 5.92 Å². The third kappa shape index (κ3) is 1.77. The molecule has 4 heteroatoms. The lowest BCUT2D eigenvalue weighted by Gasteiger charge is -2.08. The summed E-state index contributed by atoms with van der Waals surface area (Å²) < 4.78 is 2.30. The van der Waals surface area contributed by atoms with Gasteiger partial charge in [0.2, 0.25) is 0 Å². The Morgan fingerprint density at radius 1 is 1.47 bits per heavy atom. The van der Waals surface area contributed by atoms with Crippen molar-refractivity contribution in [2.24, 2.45) is 5.92 Å². The zero-order chi connectivity index (χ0) is 12.0. The third-order valence-electron chi connectivity index (χ3n) is 3.19. The minimum Gasteiger partial charge on any atom is -0.397 e. The normalized spacial score (nSPS) is 15.9. The highest BCUT2D eigenvalue weighted by Crippen LogP contribution is 2.39. The summed E-state index contributed by atoms with van der Waals surface area (Å²) in [5, 5.41) is 0.